The van der Waals surface area contributed by atoms with Crippen LogP contribution in [0.4, 0.5) is 16.2 Å². The van der Waals surface area contributed by atoms with Gasteiger partial charge in [-0.1, -0.05) is 5.16 Å². The van der Waals surface area contributed by atoms with Gasteiger partial charge in [-0.15, -0.1) is 0 Å². The predicted octanol–water partition coefficient (Wildman–Crippen LogP) is 2.39. The second-order valence-corrected chi connectivity index (χ2v) is 5.78. The predicted molar refractivity (Wildman–Crippen MR) is 90.1 cm³/mol. The summed E-state index contributed by atoms with van der Waals surface area (Å²) in [4.78, 5) is 25.4. The zero-order chi connectivity index (χ0) is 17.1. The number of hydrogen-bond acceptors (Lipinski definition) is 4. The van der Waals surface area contributed by atoms with Gasteiger partial charge >= 0.3 is 6.03 Å². The van der Waals surface area contributed by atoms with E-state index in [2.05, 4.69) is 15.8 Å². The molecule has 2 N–H and O–H groups in total. The fraction of sp³-hybridized carbons (Fsp3) is 0.353. The van der Waals surface area contributed by atoms with Crippen molar-refractivity contribution < 1.29 is 14.1 Å². The molecule has 24 heavy (non-hydrogen) atoms. The molecule has 0 unspecified atom stereocenters. The molecular formula is C17H20N4O3. The van der Waals surface area contributed by atoms with E-state index < -0.39 is 0 Å². The van der Waals surface area contributed by atoms with E-state index in [4.69, 9.17) is 4.52 Å². The van der Waals surface area contributed by atoms with Crippen LogP contribution in [0.1, 0.15) is 23.4 Å². The van der Waals surface area contributed by atoms with Crippen LogP contribution in [0.5, 0.6) is 0 Å². The van der Waals surface area contributed by atoms with Crippen molar-refractivity contribution in [2.24, 2.45) is 0 Å². The lowest BCUT2D eigenvalue weighted by Gasteiger charge is -2.14. The largest absolute Gasteiger partial charge is 0.361 e. The molecule has 1 aliphatic rings. The Hall–Kier alpha value is -2.83. The van der Waals surface area contributed by atoms with Crippen LogP contribution >= 0.6 is 0 Å². The molecule has 3 amide bonds. The van der Waals surface area contributed by atoms with Crippen molar-refractivity contribution >= 4 is 23.3 Å². The minimum absolute atomic E-state index is 0.0679. The van der Waals surface area contributed by atoms with Crippen LogP contribution < -0.4 is 15.5 Å². The van der Waals surface area contributed by atoms with Crippen LogP contribution in [-0.2, 0) is 11.2 Å². The minimum Gasteiger partial charge on any atom is -0.361 e. The molecule has 2 aromatic rings. The van der Waals surface area contributed by atoms with Crippen molar-refractivity contribution in [2.75, 3.05) is 23.3 Å². The molecular weight excluding hydrogens is 308 g/mol. The summed E-state index contributed by atoms with van der Waals surface area (Å²) in [6, 6.07) is 7.17. The van der Waals surface area contributed by atoms with Crippen molar-refractivity contribution in [3.05, 3.63) is 41.3 Å². The quantitative estimate of drug-likeness (QED) is 0.882. The van der Waals surface area contributed by atoms with Gasteiger partial charge in [0.25, 0.3) is 0 Å². The minimum atomic E-state index is -0.0914. The second-order valence-electron chi connectivity index (χ2n) is 5.78. The highest BCUT2D eigenvalue weighted by Crippen LogP contribution is 2.20. The van der Waals surface area contributed by atoms with Gasteiger partial charge in [-0.2, -0.15) is 0 Å². The standard InChI is InChI=1S/C17H20N4O3/c1-11-15(12(2)24-20-11)7-8-16(22)19-13-3-5-14(6-4-13)21-10-9-18-17(21)23/h3-6H,7-10H2,1-2H3,(H,18,23)(H,19,22). The third-order valence-corrected chi connectivity index (χ3v) is 4.10. The van der Waals surface area contributed by atoms with Gasteiger partial charge in [0.2, 0.25) is 5.91 Å². The van der Waals surface area contributed by atoms with Crippen LogP contribution in [-0.4, -0.2) is 30.2 Å². The zero-order valence-corrected chi connectivity index (χ0v) is 13.8. The number of rotatable bonds is 5. The highest BCUT2D eigenvalue weighted by molar-refractivity contribution is 5.95. The van der Waals surface area contributed by atoms with Gasteiger partial charge in [0, 0.05) is 36.4 Å². The summed E-state index contributed by atoms with van der Waals surface area (Å²) in [5, 5.41) is 9.51. The topological polar surface area (TPSA) is 87.5 Å². The SMILES string of the molecule is Cc1noc(C)c1CCC(=O)Nc1ccc(N2CCNC2=O)cc1. The van der Waals surface area contributed by atoms with Crippen LogP contribution in [0.2, 0.25) is 0 Å². The summed E-state index contributed by atoms with van der Waals surface area (Å²) in [5.74, 6) is 0.690. The van der Waals surface area contributed by atoms with Gasteiger partial charge < -0.3 is 15.2 Å². The Bertz CT molecular complexity index is 732. The first-order valence-corrected chi connectivity index (χ1v) is 7.91. The lowest BCUT2D eigenvalue weighted by Crippen LogP contribution is -2.27. The number of carbonyl (C=O) groups excluding carboxylic acids is 2. The molecule has 7 heteroatoms. The highest BCUT2D eigenvalue weighted by Gasteiger charge is 2.20. The Balaban J connectivity index is 1.56. The molecule has 1 aromatic heterocycles. The molecule has 1 saturated heterocycles. The molecule has 0 spiro atoms. The number of amides is 3. The number of carbonyl (C=O) groups is 2. The van der Waals surface area contributed by atoms with Crippen LogP contribution in [0.15, 0.2) is 28.8 Å². The number of nitrogens with one attached hydrogen (secondary N) is 2. The monoisotopic (exact) mass is 328 g/mol. The Morgan fingerprint density at radius 1 is 1.33 bits per heavy atom. The number of aryl methyl sites for hydroxylation is 2. The smallest absolute Gasteiger partial charge is 0.321 e. The molecule has 0 bridgehead atoms. The van der Waals surface area contributed by atoms with Crippen molar-refractivity contribution in [2.45, 2.75) is 26.7 Å². The van der Waals surface area contributed by atoms with Crippen molar-refractivity contribution in [3.8, 4) is 0 Å². The van der Waals surface area contributed by atoms with Gasteiger partial charge in [0.15, 0.2) is 0 Å². The average Bonchev–Trinajstić information content (AvgIpc) is 3.12. The van der Waals surface area contributed by atoms with Crippen molar-refractivity contribution in [3.63, 3.8) is 0 Å². The summed E-state index contributed by atoms with van der Waals surface area (Å²) in [7, 11) is 0. The number of anilines is 2. The summed E-state index contributed by atoms with van der Waals surface area (Å²) in [6.45, 7) is 5.03. The van der Waals surface area contributed by atoms with Gasteiger partial charge in [-0.3, -0.25) is 9.69 Å². The number of benzene rings is 1. The Kier molecular flexibility index (Phi) is 4.50. The highest BCUT2D eigenvalue weighted by atomic mass is 16.5. The van der Waals surface area contributed by atoms with Gasteiger partial charge in [0.05, 0.1) is 5.69 Å². The molecule has 1 fully saturated rings. The molecule has 0 atom stereocenters. The molecule has 1 aliphatic heterocycles. The van der Waals surface area contributed by atoms with E-state index in [1.807, 2.05) is 26.0 Å². The van der Waals surface area contributed by atoms with E-state index >= 15 is 0 Å². The lowest BCUT2D eigenvalue weighted by atomic mass is 10.1. The third-order valence-electron chi connectivity index (χ3n) is 4.10. The third kappa shape index (κ3) is 3.40. The first-order chi connectivity index (χ1) is 11.5. The first kappa shape index (κ1) is 16.0. The maximum absolute atomic E-state index is 12.1. The van der Waals surface area contributed by atoms with Gasteiger partial charge in [-0.25, -0.2) is 4.79 Å². The van der Waals surface area contributed by atoms with Gasteiger partial charge in [0.1, 0.15) is 5.76 Å². The van der Waals surface area contributed by atoms with Crippen molar-refractivity contribution in [1.29, 1.82) is 0 Å². The Morgan fingerprint density at radius 2 is 2.08 bits per heavy atom. The van der Waals surface area contributed by atoms with Gasteiger partial charge in [-0.05, 0) is 44.5 Å². The Morgan fingerprint density at radius 3 is 2.67 bits per heavy atom. The normalized spacial score (nSPS) is 13.9. The van der Waals surface area contributed by atoms with E-state index in [-0.39, 0.29) is 11.9 Å². The molecule has 0 aliphatic carbocycles. The van der Waals surface area contributed by atoms with E-state index in [0.717, 1.165) is 22.7 Å². The molecule has 3 rings (SSSR count). The molecule has 2 heterocycles. The van der Waals surface area contributed by atoms with Crippen LogP contribution in [0.25, 0.3) is 0 Å². The number of aromatic nitrogens is 1. The fourth-order valence-corrected chi connectivity index (χ4v) is 2.76. The van der Waals surface area contributed by atoms with Crippen LogP contribution in [0.3, 0.4) is 0 Å². The molecule has 7 nitrogen and oxygen atoms in total. The maximum atomic E-state index is 12.1. The number of urea groups is 1. The van der Waals surface area contributed by atoms with Crippen molar-refractivity contribution in [1.82, 2.24) is 10.5 Å². The number of hydrogen-bond donors (Lipinski definition) is 2. The van der Waals surface area contributed by atoms with E-state index in [9.17, 15) is 9.59 Å². The van der Waals surface area contributed by atoms with E-state index in [1.54, 1.807) is 17.0 Å². The maximum Gasteiger partial charge on any atom is 0.321 e. The summed E-state index contributed by atoms with van der Waals surface area (Å²) < 4.78 is 5.10. The fourth-order valence-electron chi connectivity index (χ4n) is 2.76. The molecule has 1 aromatic carbocycles. The average molecular weight is 328 g/mol. The van der Waals surface area contributed by atoms with E-state index in [0.29, 0.717) is 31.6 Å². The number of nitrogens with zero attached hydrogens (tertiary/aromatic N) is 2. The Labute approximate surface area is 140 Å². The molecule has 0 radical (unpaired) electrons. The lowest BCUT2D eigenvalue weighted by molar-refractivity contribution is -0.116. The van der Waals surface area contributed by atoms with E-state index in [1.165, 1.54) is 0 Å². The summed E-state index contributed by atoms with van der Waals surface area (Å²) in [5.41, 5.74) is 3.34. The first-order valence-electron chi connectivity index (χ1n) is 7.91. The zero-order valence-electron chi connectivity index (χ0n) is 13.8. The summed E-state index contributed by atoms with van der Waals surface area (Å²) >= 11 is 0. The molecule has 126 valence electrons. The summed E-state index contributed by atoms with van der Waals surface area (Å²) in [6.07, 6.45) is 0.957. The molecule has 0 saturated carbocycles. The second kappa shape index (κ2) is 6.74. The van der Waals surface area contributed by atoms with Crippen LogP contribution in [0, 0.1) is 13.8 Å².